The zero-order valence-electron chi connectivity index (χ0n) is 15.0. The van der Waals surface area contributed by atoms with Crippen molar-refractivity contribution in [3.63, 3.8) is 0 Å². The molecule has 1 aliphatic heterocycles. The number of aromatic amines is 1. The number of benzene rings is 1. The normalized spacial score (nSPS) is 20.5. The van der Waals surface area contributed by atoms with Crippen LogP contribution < -0.4 is 4.74 Å². The summed E-state index contributed by atoms with van der Waals surface area (Å²) in [7, 11) is 1.69. The van der Waals surface area contributed by atoms with Gasteiger partial charge in [-0.05, 0) is 44.4 Å². The van der Waals surface area contributed by atoms with E-state index >= 15 is 0 Å². The van der Waals surface area contributed by atoms with Crippen LogP contribution in [-0.2, 0) is 4.74 Å². The predicted octanol–water partition coefficient (Wildman–Crippen LogP) is 2.73. The van der Waals surface area contributed by atoms with Crippen LogP contribution in [0.2, 0.25) is 0 Å². The van der Waals surface area contributed by atoms with Crippen LogP contribution in [0.4, 0.5) is 0 Å². The highest BCUT2D eigenvalue weighted by Crippen LogP contribution is 2.27. The lowest BCUT2D eigenvalue weighted by molar-refractivity contribution is -0.0825. The summed E-state index contributed by atoms with van der Waals surface area (Å²) in [6.07, 6.45) is 3.33. The summed E-state index contributed by atoms with van der Waals surface area (Å²) in [5, 5.41) is 6.77. The molecule has 0 bridgehead atoms. The summed E-state index contributed by atoms with van der Waals surface area (Å²) in [6.45, 7) is 5.54. The van der Waals surface area contributed by atoms with Crippen molar-refractivity contribution in [2.45, 2.75) is 32.3 Å². The number of H-pyrrole nitrogens is 1. The Morgan fingerprint density at radius 3 is 2.92 bits per heavy atom. The SMILES string of the molecule is CO[C@@]1(COc2cccc(C)c2)CCCN(C(=O)c2cn[nH]c2C)C1. The number of likely N-dealkylation sites (tertiary alicyclic amines) is 1. The maximum atomic E-state index is 12.8. The Morgan fingerprint density at radius 2 is 2.24 bits per heavy atom. The maximum absolute atomic E-state index is 12.8. The van der Waals surface area contributed by atoms with Gasteiger partial charge in [-0.15, -0.1) is 0 Å². The molecule has 0 aliphatic carbocycles. The molecule has 6 heteroatoms. The largest absolute Gasteiger partial charge is 0.491 e. The molecule has 1 aromatic heterocycles. The van der Waals surface area contributed by atoms with Gasteiger partial charge in [0.25, 0.3) is 5.91 Å². The highest BCUT2D eigenvalue weighted by molar-refractivity contribution is 5.95. The minimum absolute atomic E-state index is 0.0112. The molecule has 6 nitrogen and oxygen atoms in total. The van der Waals surface area contributed by atoms with E-state index in [1.807, 2.05) is 43.0 Å². The molecule has 0 spiro atoms. The number of rotatable bonds is 5. The lowest BCUT2D eigenvalue weighted by Gasteiger charge is -2.41. The average Bonchev–Trinajstić information content (AvgIpc) is 3.05. The molecule has 3 rings (SSSR count). The molecule has 2 heterocycles. The average molecular weight is 343 g/mol. The van der Waals surface area contributed by atoms with E-state index in [9.17, 15) is 4.79 Å². The van der Waals surface area contributed by atoms with Gasteiger partial charge in [0.05, 0.1) is 18.3 Å². The molecule has 0 radical (unpaired) electrons. The number of methoxy groups -OCH3 is 1. The van der Waals surface area contributed by atoms with E-state index in [1.165, 1.54) is 0 Å². The molecule has 1 amide bonds. The van der Waals surface area contributed by atoms with Gasteiger partial charge in [-0.1, -0.05) is 12.1 Å². The van der Waals surface area contributed by atoms with Crippen molar-refractivity contribution >= 4 is 5.91 Å². The number of amides is 1. The smallest absolute Gasteiger partial charge is 0.257 e. The Labute approximate surface area is 148 Å². The van der Waals surface area contributed by atoms with E-state index in [1.54, 1.807) is 13.3 Å². The van der Waals surface area contributed by atoms with Crippen LogP contribution in [0.5, 0.6) is 5.75 Å². The number of carbonyl (C=O) groups excluding carboxylic acids is 1. The van der Waals surface area contributed by atoms with Crippen molar-refractivity contribution in [2.24, 2.45) is 0 Å². The standard InChI is InChI=1S/C19H25N3O3/c1-14-6-4-7-16(10-14)25-13-19(24-3)8-5-9-22(12-19)18(23)17-11-20-21-15(17)2/h4,6-7,10-11H,5,8-9,12-13H2,1-3H3,(H,20,21)/t19-/m0/s1. The highest BCUT2D eigenvalue weighted by atomic mass is 16.5. The number of aromatic nitrogens is 2. The van der Waals surface area contributed by atoms with Crippen molar-refractivity contribution in [1.82, 2.24) is 15.1 Å². The molecular formula is C19H25N3O3. The topological polar surface area (TPSA) is 67.5 Å². The first-order chi connectivity index (χ1) is 12.0. The third-order valence-corrected chi connectivity index (χ3v) is 4.81. The molecule has 1 N–H and O–H groups in total. The zero-order valence-corrected chi connectivity index (χ0v) is 15.0. The third kappa shape index (κ3) is 3.85. The maximum Gasteiger partial charge on any atom is 0.257 e. The molecule has 1 aromatic carbocycles. The molecule has 25 heavy (non-hydrogen) atoms. The third-order valence-electron chi connectivity index (χ3n) is 4.81. The van der Waals surface area contributed by atoms with Crippen molar-refractivity contribution < 1.29 is 14.3 Å². The molecular weight excluding hydrogens is 318 g/mol. The van der Waals surface area contributed by atoms with Crippen LogP contribution in [-0.4, -0.2) is 53.4 Å². The van der Waals surface area contributed by atoms with Crippen LogP contribution in [0.1, 0.15) is 34.5 Å². The first-order valence-electron chi connectivity index (χ1n) is 8.57. The minimum Gasteiger partial charge on any atom is -0.491 e. The number of aryl methyl sites for hydroxylation is 2. The molecule has 0 saturated carbocycles. The van der Waals surface area contributed by atoms with Gasteiger partial charge in [-0.2, -0.15) is 5.10 Å². The van der Waals surface area contributed by atoms with Gasteiger partial charge in [-0.3, -0.25) is 9.89 Å². The number of carbonyl (C=O) groups is 1. The van der Waals surface area contributed by atoms with Gasteiger partial charge < -0.3 is 14.4 Å². The Balaban J connectivity index is 1.70. The molecule has 0 unspecified atom stereocenters. The van der Waals surface area contributed by atoms with Crippen molar-refractivity contribution in [3.8, 4) is 5.75 Å². The summed E-state index contributed by atoms with van der Waals surface area (Å²) in [5.41, 5.74) is 2.07. The number of ether oxygens (including phenoxy) is 2. The summed E-state index contributed by atoms with van der Waals surface area (Å²) >= 11 is 0. The predicted molar refractivity (Wildman–Crippen MR) is 94.9 cm³/mol. The van der Waals surface area contributed by atoms with Crippen LogP contribution in [0.25, 0.3) is 0 Å². The molecule has 134 valence electrons. The highest BCUT2D eigenvalue weighted by Gasteiger charge is 2.39. The van der Waals surface area contributed by atoms with Crippen LogP contribution in [0.3, 0.4) is 0 Å². The van der Waals surface area contributed by atoms with Gasteiger partial charge in [-0.25, -0.2) is 0 Å². The zero-order chi connectivity index (χ0) is 17.9. The van der Waals surface area contributed by atoms with Gasteiger partial charge in [0.2, 0.25) is 0 Å². The van der Waals surface area contributed by atoms with Crippen LogP contribution in [0, 0.1) is 13.8 Å². The lowest BCUT2D eigenvalue weighted by Crippen LogP contribution is -2.54. The number of hydrogen-bond donors (Lipinski definition) is 1. The number of hydrogen-bond acceptors (Lipinski definition) is 4. The molecule has 1 saturated heterocycles. The van der Waals surface area contributed by atoms with Crippen molar-refractivity contribution in [2.75, 3.05) is 26.8 Å². The molecule has 1 aliphatic rings. The quantitative estimate of drug-likeness (QED) is 0.906. The van der Waals surface area contributed by atoms with Crippen LogP contribution >= 0.6 is 0 Å². The fourth-order valence-corrected chi connectivity index (χ4v) is 3.27. The fourth-order valence-electron chi connectivity index (χ4n) is 3.27. The van der Waals surface area contributed by atoms with E-state index in [0.29, 0.717) is 18.7 Å². The molecule has 2 aromatic rings. The van der Waals surface area contributed by atoms with E-state index in [2.05, 4.69) is 10.2 Å². The van der Waals surface area contributed by atoms with Gasteiger partial charge >= 0.3 is 0 Å². The minimum atomic E-state index is -0.491. The second-order valence-corrected chi connectivity index (χ2v) is 6.73. The van der Waals surface area contributed by atoms with E-state index in [0.717, 1.165) is 36.4 Å². The number of piperidine rings is 1. The Hall–Kier alpha value is -2.34. The van der Waals surface area contributed by atoms with Gasteiger partial charge in [0, 0.05) is 19.3 Å². The second-order valence-electron chi connectivity index (χ2n) is 6.73. The van der Waals surface area contributed by atoms with Gasteiger partial charge in [0.15, 0.2) is 0 Å². The fraction of sp³-hybridized carbons (Fsp3) is 0.474. The summed E-state index contributed by atoms with van der Waals surface area (Å²) in [5.74, 6) is 0.813. The number of nitrogens with one attached hydrogen (secondary N) is 1. The summed E-state index contributed by atoms with van der Waals surface area (Å²) in [4.78, 5) is 14.6. The first-order valence-corrected chi connectivity index (χ1v) is 8.57. The summed E-state index contributed by atoms with van der Waals surface area (Å²) in [6, 6.07) is 7.95. The molecule has 1 atom stereocenters. The summed E-state index contributed by atoms with van der Waals surface area (Å²) < 4.78 is 11.8. The van der Waals surface area contributed by atoms with E-state index < -0.39 is 5.60 Å². The van der Waals surface area contributed by atoms with Crippen LogP contribution in [0.15, 0.2) is 30.5 Å². The Bertz CT molecular complexity index is 743. The lowest BCUT2D eigenvalue weighted by atomic mass is 9.92. The van der Waals surface area contributed by atoms with E-state index in [4.69, 9.17) is 9.47 Å². The van der Waals surface area contributed by atoms with Crippen molar-refractivity contribution in [1.29, 1.82) is 0 Å². The monoisotopic (exact) mass is 343 g/mol. The van der Waals surface area contributed by atoms with Gasteiger partial charge in [0.1, 0.15) is 18.0 Å². The second kappa shape index (κ2) is 7.27. The Morgan fingerprint density at radius 1 is 1.40 bits per heavy atom. The molecule has 1 fully saturated rings. The van der Waals surface area contributed by atoms with Crippen molar-refractivity contribution in [3.05, 3.63) is 47.3 Å². The number of nitrogens with zero attached hydrogens (tertiary/aromatic N) is 2. The first kappa shape index (κ1) is 17.5. The van der Waals surface area contributed by atoms with E-state index in [-0.39, 0.29) is 5.91 Å². The Kier molecular flexibility index (Phi) is 5.08.